The summed E-state index contributed by atoms with van der Waals surface area (Å²) in [5.41, 5.74) is 0. The van der Waals surface area contributed by atoms with Crippen molar-refractivity contribution in [2.24, 2.45) is 0 Å². The standard InChI is InChI=1S/C11H18BrN3O3S/c1-8(7-18-4)15(3)19(16,17)10-5-9(12)6-14-11(10)13-2/h5-6,8H,7H2,1-4H3,(H,13,14). The minimum atomic E-state index is -3.63. The number of hydrogen-bond acceptors (Lipinski definition) is 5. The number of anilines is 1. The molecular weight excluding hydrogens is 334 g/mol. The molecule has 108 valence electrons. The molecule has 0 fully saturated rings. The van der Waals surface area contributed by atoms with Crippen LogP contribution in [0.25, 0.3) is 0 Å². The quantitative estimate of drug-likeness (QED) is 0.841. The maximum Gasteiger partial charge on any atom is 0.246 e. The number of ether oxygens (including phenoxy) is 1. The third-order valence-corrected chi connectivity index (χ3v) is 5.16. The van der Waals surface area contributed by atoms with E-state index in [0.717, 1.165) is 0 Å². The summed E-state index contributed by atoms with van der Waals surface area (Å²) >= 11 is 3.24. The molecule has 1 aromatic heterocycles. The molecule has 1 heterocycles. The van der Waals surface area contributed by atoms with Gasteiger partial charge in [-0.2, -0.15) is 4.31 Å². The smallest absolute Gasteiger partial charge is 0.246 e. The third-order valence-electron chi connectivity index (χ3n) is 2.74. The van der Waals surface area contributed by atoms with Gasteiger partial charge in [0.1, 0.15) is 10.7 Å². The fourth-order valence-corrected chi connectivity index (χ4v) is 3.55. The number of nitrogens with one attached hydrogen (secondary N) is 1. The number of rotatable bonds is 6. The highest BCUT2D eigenvalue weighted by atomic mass is 79.9. The van der Waals surface area contributed by atoms with Crippen LogP contribution in [0.15, 0.2) is 21.6 Å². The Hall–Kier alpha value is -0.700. The van der Waals surface area contributed by atoms with Crippen molar-refractivity contribution in [1.82, 2.24) is 9.29 Å². The van der Waals surface area contributed by atoms with E-state index in [9.17, 15) is 8.42 Å². The SMILES string of the molecule is CNc1ncc(Br)cc1S(=O)(=O)N(C)C(C)COC. The molecule has 1 unspecified atom stereocenters. The molecular formula is C11H18BrN3O3S. The Balaban J connectivity index is 3.23. The first-order chi connectivity index (χ1) is 8.84. The van der Waals surface area contributed by atoms with Crippen molar-refractivity contribution in [3.8, 4) is 0 Å². The molecule has 0 saturated heterocycles. The van der Waals surface area contributed by atoms with Crippen molar-refractivity contribution in [2.75, 3.05) is 33.1 Å². The third kappa shape index (κ3) is 3.65. The van der Waals surface area contributed by atoms with Gasteiger partial charge in [0.2, 0.25) is 10.0 Å². The normalized spacial score (nSPS) is 13.6. The van der Waals surface area contributed by atoms with Crippen molar-refractivity contribution in [3.63, 3.8) is 0 Å². The van der Waals surface area contributed by atoms with E-state index in [1.54, 1.807) is 20.2 Å². The van der Waals surface area contributed by atoms with Crippen LogP contribution in [-0.2, 0) is 14.8 Å². The summed E-state index contributed by atoms with van der Waals surface area (Å²) < 4.78 is 32.0. The average molecular weight is 352 g/mol. The number of halogens is 1. The maximum atomic E-state index is 12.5. The zero-order chi connectivity index (χ0) is 14.6. The van der Waals surface area contributed by atoms with Crippen LogP contribution in [0.4, 0.5) is 5.82 Å². The molecule has 0 bridgehead atoms. The molecule has 1 rings (SSSR count). The lowest BCUT2D eigenvalue weighted by atomic mass is 10.4. The molecule has 8 heteroatoms. The molecule has 1 N–H and O–H groups in total. The maximum absolute atomic E-state index is 12.5. The summed E-state index contributed by atoms with van der Waals surface area (Å²) in [4.78, 5) is 4.19. The van der Waals surface area contributed by atoms with Crippen LogP contribution in [0, 0.1) is 0 Å². The van der Waals surface area contributed by atoms with Gasteiger partial charge < -0.3 is 10.1 Å². The zero-order valence-electron chi connectivity index (χ0n) is 11.3. The van der Waals surface area contributed by atoms with E-state index in [2.05, 4.69) is 26.2 Å². The van der Waals surface area contributed by atoms with E-state index in [0.29, 0.717) is 16.9 Å². The number of sulfonamides is 1. The molecule has 0 saturated carbocycles. The van der Waals surface area contributed by atoms with Gasteiger partial charge in [-0.3, -0.25) is 0 Å². The van der Waals surface area contributed by atoms with Crippen LogP contribution in [0.2, 0.25) is 0 Å². The molecule has 19 heavy (non-hydrogen) atoms. The summed E-state index contributed by atoms with van der Waals surface area (Å²) in [6.07, 6.45) is 1.55. The molecule has 0 aliphatic heterocycles. The van der Waals surface area contributed by atoms with Crippen molar-refractivity contribution >= 4 is 31.8 Å². The van der Waals surface area contributed by atoms with Gasteiger partial charge in [-0.05, 0) is 28.9 Å². The molecule has 1 aromatic rings. The Bertz CT molecular complexity index is 536. The van der Waals surface area contributed by atoms with E-state index in [-0.39, 0.29) is 10.9 Å². The van der Waals surface area contributed by atoms with Crippen molar-refractivity contribution in [1.29, 1.82) is 0 Å². The van der Waals surface area contributed by atoms with Crippen LogP contribution >= 0.6 is 15.9 Å². The molecule has 6 nitrogen and oxygen atoms in total. The number of pyridine rings is 1. The van der Waals surface area contributed by atoms with Gasteiger partial charge in [0.15, 0.2) is 0 Å². The van der Waals surface area contributed by atoms with Gasteiger partial charge in [-0.25, -0.2) is 13.4 Å². The van der Waals surface area contributed by atoms with Crippen molar-refractivity contribution in [3.05, 3.63) is 16.7 Å². The highest BCUT2D eigenvalue weighted by Gasteiger charge is 2.28. The molecule has 0 spiro atoms. The van der Waals surface area contributed by atoms with Gasteiger partial charge in [0.05, 0.1) is 6.61 Å². The molecule has 1 atom stereocenters. The Morgan fingerprint density at radius 2 is 2.21 bits per heavy atom. The Morgan fingerprint density at radius 3 is 2.74 bits per heavy atom. The van der Waals surface area contributed by atoms with Crippen LogP contribution in [0.5, 0.6) is 0 Å². The predicted molar refractivity (Wildman–Crippen MR) is 77.8 cm³/mol. The lowest BCUT2D eigenvalue weighted by Gasteiger charge is -2.24. The number of hydrogen-bond donors (Lipinski definition) is 1. The van der Waals surface area contributed by atoms with Gasteiger partial charge in [-0.15, -0.1) is 0 Å². The van der Waals surface area contributed by atoms with Gasteiger partial charge in [-0.1, -0.05) is 0 Å². The summed E-state index contributed by atoms with van der Waals surface area (Å²) in [5.74, 6) is 0.319. The van der Waals surface area contributed by atoms with Crippen LogP contribution in [0.3, 0.4) is 0 Å². The number of nitrogens with zero attached hydrogens (tertiary/aromatic N) is 2. The topological polar surface area (TPSA) is 71.5 Å². The first-order valence-electron chi connectivity index (χ1n) is 5.64. The van der Waals surface area contributed by atoms with Crippen LogP contribution in [0.1, 0.15) is 6.92 Å². The minimum Gasteiger partial charge on any atom is -0.383 e. The van der Waals surface area contributed by atoms with E-state index in [4.69, 9.17) is 4.74 Å². The molecule has 0 aliphatic carbocycles. The highest BCUT2D eigenvalue weighted by molar-refractivity contribution is 9.10. The molecule has 0 aromatic carbocycles. The first kappa shape index (κ1) is 16.4. The van der Waals surface area contributed by atoms with Crippen LogP contribution < -0.4 is 5.32 Å². The van der Waals surface area contributed by atoms with Crippen molar-refractivity contribution < 1.29 is 13.2 Å². The summed E-state index contributed by atoms with van der Waals surface area (Å²) in [5, 5.41) is 2.79. The predicted octanol–water partition coefficient (Wildman–Crippen LogP) is 1.54. The van der Waals surface area contributed by atoms with Gasteiger partial charge in [0.25, 0.3) is 0 Å². The fraction of sp³-hybridized carbons (Fsp3) is 0.545. The Morgan fingerprint density at radius 1 is 1.58 bits per heavy atom. The Labute approximate surface area is 122 Å². The average Bonchev–Trinajstić information content (AvgIpc) is 2.38. The molecule has 0 amide bonds. The molecule has 0 radical (unpaired) electrons. The lowest BCUT2D eigenvalue weighted by Crippen LogP contribution is -2.38. The minimum absolute atomic E-state index is 0.134. The fourth-order valence-electron chi connectivity index (χ4n) is 1.54. The van der Waals surface area contributed by atoms with E-state index in [1.165, 1.54) is 24.5 Å². The number of likely N-dealkylation sites (N-methyl/N-ethyl adjacent to an activating group) is 1. The monoisotopic (exact) mass is 351 g/mol. The number of methoxy groups -OCH3 is 1. The first-order valence-corrected chi connectivity index (χ1v) is 7.88. The summed E-state index contributed by atoms with van der Waals surface area (Å²) in [7, 11) is 1.07. The second-order valence-corrected chi connectivity index (χ2v) is 6.96. The van der Waals surface area contributed by atoms with Crippen molar-refractivity contribution in [2.45, 2.75) is 17.9 Å². The zero-order valence-corrected chi connectivity index (χ0v) is 13.7. The number of aromatic nitrogens is 1. The lowest BCUT2D eigenvalue weighted by molar-refractivity contribution is 0.149. The van der Waals surface area contributed by atoms with Gasteiger partial charge >= 0.3 is 0 Å². The highest BCUT2D eigenvalue weighted by Crippen LogP contribution is 2.26. The summed E-state index contributed by atoms with van der Waals surface area (Å²) in [6.45, 7) is 2.11. The van der Waals surface area contributed by atoms with Gasteiger partial charge in [0, 0.05) is 37.9 Å². The Kier molecular flexibility index (Phi) is 5.72. The second-order valence-electron chi connectivity index (χ2n) is 4.08. The molecule has 0 aliphatic rings. The van der Waals surface area contributed by atoms with E-state index < -0.39 is 10.0 Å². The van der Waals surface area contributed by atoms with E-state index >= 15 is 0 Å². The van der Waals surface area contributed by atoms with Crippen LogP contribution in [-0.4, -0.2) is 51.6 Å². The summed E-state index contributed by atoms with van der Waals surface area (Å²) in [6, 6.07) is 1.27. The van der Waals surface area contributed by atoms with E-state index in [1.807, 2.05) is 0 Å². The second kappa shape index (κ2) is 6.65. The largest absolute Gasteiger partial charge is 0.383 e.